The molecule has 0 aliphatic carbocycles. The van der Waals surface area contributed by atoms with Gasteiger partial charge in [-0.15, -0.1) is 0 Å². The van der Waals surface area contributed by atoms with Crippen LogP contribution in [-0.2, 0) is 6.61 Å². The fourth-order valence-electron chi connectivity index (χ4n) is 3.87. The van der Waals surface area contributed by atoms with E-state index in [-0.39, 0.29) is 5.91 Å². The highest BCUT2D eigenvalue weighted by atomic mass is 16.5. The topological polar surface area (TPSA) is 51.2 Å². The number of piperazine rings is 1. The summed E-state index contributed by atoms with van der Waals surface area (Å²) in [7, 11) is 3.24. The van der Waals surface area contributed by atoms with Gasteiger partial charge in [0, 0.05) is 49.1 Å². The molecule has 1 aliphatic rings. The molecule has 3 aromatic rings. The molecule has 0 radical (unpaired) electrons. The van der Waals surface area contributed by atoms with Crippen LogP contribution in [0.1, 0.15) is 15.9 Å². The normalized spacial score (nSPS) is 13.6. The summed E-state index contributed by atoms with van der Waals surface area (Å²) in [4.78, 5) is 17.4. The van der Waals surface area contributed by atoms with Crippen LogP contribution in [0, 0.1) is 0 Å². The lowest BCUT2D eigenvalue weighted by molar-refractivity contribution is 0.0746. The molecule has 6 nitrogen and oxygen atoms in total. The molecule has 0 spiro atoms. The van der Waals surface area contributed by atoms with E-state index in [1.165, 1.54) is 5.69 Å². The van der Waals surface area contributed by atoms with E-state index >= 15 is 0 Å². The number of para-hydroxylation sites is 1. The molecule has 3 aromatic carbocycles. The molecule has 0 saturated carbocycles. The van der Waals surface area contributed by atoms with Crippen molar-refractivity contribution < 1.29 is 19.0 Å². The predicted octanol–water partition coefficient (Wildman–Crippen LogP) is 4.25. The number of hydrogen-bond donors (Lipinski definition) is 0. The van der Waals surface area contributed by atoms with Crippen molar-refractivity contribution in [3.63, 3.8) is 0 Å². The van der Waals surface area contributed by atoms with Crippen LogP contribution in [0.25, 0.3) is 0 Å². The zero-order valence-corrected chi connectivity index (χ0v) is 18.5. The molecule has 6 heteroatoms. The summed E-state index contributed by atoms with van der Waals surface area (Å²) in [6.45, 7) is 3.31. The number of rotatable bonds is 7. The van der Waals surface area contributed by atoms with Crippen LogP contribution in [0.2, 0.25) is 0 Å². The second-order valence-electron chi connectivity index (χ2n) is 7.61. The third kappa shape index (κ3) is 4.97. The molecule has 1 saturated heterocycles. The van der Waals surface area contributed by atoms with Gasteiger partial charge in [0.1, 0.15) is 23.9 Å². The second kappa shape index (κ2) is 10.1. The Balaban J connectivity index is 1.42. The number of carbonyl (C=O) groups excluding carboxylic acids is 1. The van der Waals surface area contributed by atoms with Crippen molar-refractivity contribution in [2.45, 2.75) is 6.61 Å². The smallest absolute Gasteiger partial charge is 0.253 e. The van der Waals surface area contributed by atoms with Crippen LogP contribution in [0.5, 0.6) is 17.2 Å². The highest BCUT2D eigenvalue weighted by Gasteiger charge is 2.23. The largest absolute Gasteiger partial charge is 0.497 e. The van der Waals surface area contributed by atoms with Gasteiger partial charge >= 0.3 is 0 Å². The van der Waals surface area contributed by atoms with E-state index in [1.54, 1.807) is 14.2 Å². The van der Waals surface area contributed by atoms with Gasteiger partial charge in [0.15, 0.2) is 0 Å². The first kappa shape index (κ1) is 21.6. The molecular weight excluding hydrogens is 404 g/mol. The third-order valence-electron chi connectivity index (χ3n) is 5.65. The molecule has 32 heavy (non-hydrogen) atoms. The molecule has 1 aliphatic heterocycles. The highest BCUT2D eigenvalue weighted by molar-refractivity contribution is 5.94. The average Bonchev–Trinajstić information content (AvgIpc) is 2.87. The van der Waals surface area contributed by atoms with Crippen molar-refractivity contribution in [3.05, 3.63) is 83.9 Å². The van der Waals surface area contributed by atoms with Crippen molar-refractivity contribution in [2.75, 3.05) is 45.3 Å². The number of nitrogens with zero attached hydrogens (tertiary/aromatic N) is 2. The Labute approximate surface area is 188 Å². The fraction of sp³-hybridized carbons (Fsp3) is 0.269. The van der Waals surface area contributed by atoms with Gasteiger partial charge in [0.2, 0.25) is 0 Å². The predicted molar refractivity (Wildman–Crippen MR) is 125 cm³/mol. The lowest BCUT2D eigenvalue weighted by Gasteiger charge is -2.36. The number of carbonyl (C=O) groups is 1. The zero-order chi connectivity index (χ0) is 22.3. The molecular formula is C26H28N2O4. The van der Waals surface area contributed by atoms with Gasteiger partial charge in [-0.2, -0.15) is 0 Å². The first-order chi connectivity index (χ1) is 15.7. The summed E-state index contributed by atoms with van der Waals surface area (Å²) >= 11 is 0. The van der Waals surface area contributed by atoms with Crippen molar-refractivity contribution in [1.29, 1.82) is 0 Å². The summed E-state index contributed by atoms with van der Waals surface area (Å²) in [6.07, 6.45) is 0. The first-order valence-corrected chi connectivity index (χ1v) is 10.7. The summed E-state index contributed by atoms with van der Waals surface area (Å²) < 4.78 is 16.7. The monoisotopic (exact) mass is 432 g/mol. The Kier molecular flexibility index (Phi) is 6.80. The maximum atomic E-state index is 13.2. The van der Waals surface area contributed by atoms with E-state index in [2.05, 4.69) is 17.0 Å². The number of amides is 1. The Hall–Kier alpha value is -3.67. The molecule has 0 N–H and O–H groups in total. The summed E-state index contributed by atoms with van der Waals surface area (Å²) in [5.41, 5.74) is 2.66. The molecule has 0 bridgehead atoms. The van der Waals surface area contributed by atoms with E-state index in [4.69, 9.17) is 14.2 Å². The van der Waals surface area contributed by atoms with Gasteiger partial charge in [-0.05, 0) is 42.5 Å². The van der Waals surface area contributed by atoms with Gasteiger partial charge in [-0.3, -0.25) is 4.79 Å². The number of hydrogen-bond acceptors (Lipinski definition) is 5. The summed E-state index contributed by atoms with van der Waals surface area (Å²) in [5, 5.41) is 0. The van der Waals surface area contributed by atoms with Gasteiger partial charge < -0.3 is 24.0 Å². The van der Waals surface area contributed by atoms with Crippen LogP contribution < -0.4 is 19.1 Å². The van der Waals surface area contributed by atoms with E-state index in [1.807, 2.05) is 65.6 Å². The maximum absolute atomic E-state index is 13.2. The molecule has 0 unspecified atom stereocenters. The van der Waals surface area contributed by atoms with Crippen LogP contribution in [0.3, 0.4) is 0 Å². The SMILES string of the molecule is COc1cccc(OCc2cc(C(=O)N3CCN(c4ccccc4)CC3)ccc2OC)c1. The highest BCUT2D eigenvalue weighted by Crippen LogP contribution is 2.25. The van der Waals surface area contributed by atoms with E-state index in [0.717, 1.165) is 24.4 Å². The van der Waals surface area contributed by atoms with E-state index in [9.17, 15) is 4.79 Å². The number of benzene rings is 3. The van der Waals surface area contributed by atoms with Crippen molar-refractivity contribution in [2.24, 2.45) is 0 Å². The fourth-order valence-corrected chi connectivity index (χ4v) is 3.87. The van der Waals surface area contributed by atoms with Crippen LogP contribution in [0.4, 0.5) is 5.69 Å². The summed E-state index contributed by atoms with van der Waals surface area (Å²) in [6, 6.07) is 23.3. The van der Waals surface area contributed by atoms with Gasteiger partial charge in [0.05, 0.1) is 14.2 Å². The van der Waals surface area contributed by atoms with Crippen LogP contribution >= 0.6 is 0 Å². The number of ether oxygens (including phenoxy) is 3. The Morgan fingerprint density at radius 1 is 0.812 bits per heavy atom. The standard InChI is InChI=1S/C26H28N2O4/c1-30-23-9-6-10-24(18-23)32-19-21-17-20(11-12-25(21)31-2)26(29)28-15-13-27(14-16-28)22-7-4-3-5-8-22/h3-12,17-18H,13-16,19H2,1-2H3. The molecule has 0 aromatic heterocycles. The Morgan fingerprint density at radius 3 is 2.28 bits per heavy atom. The minimum atomic E-state index is 0.0306. The first-order valence-electron chi connectivity index (χ1n) is 10.7. The Bertz CT molecular complexity index is 1050. The van der Waals surface area contributed by atoms with Crippen molar-refractivity contribution in [1.82, 2.24) is 4.90 Å². The lowest BCUT2D eigenvalue weighted by atomic mass is 10.1. The molecule has 1 amide bonds. The molecule has 0 atom stereocenters. The molecule has 4 rings (SSSR count). The maximum Gasteiger partial charge on any atom is 0.253 e. The van der Waals surface area contributed by atoms with Gasteiger partial charge in [-0.25, -0.2) is 0 Å². The molecule has 1 heterocycles. The van der Waals surface area contributed by atoms with Crippen molar-refractivity contribution >= 4 is 11.6 Å². The Morgan fingerprint density at radius 2 is 1.56 bits per heavy atom. The van der Waals surface area contributed by atoms with Gasteiger partial charge in [-0.1, -0.05) is 24.3 Å². The second-order valence-corrected chi connectivity index (χ2v) is 7.61. The minimum Gasteiger partial charge on any atom is -0.497 e. The third-order valence-corrected chi connectivity index (χ3v) is 5.65. The summed E-state index contributed by atoms with van der Waals surface area (Å²) in [5.74, 6) is 2.15. The average molecular weight is 433 g/mol. The number of anilines is 1. The van der Waals surface area contributed by atoms with Crippen molar-refractivity contribution in [3.8, 4) is 17.2 Å². The van der Waals surface area contributed by atoms with Crippen LogP contribution in [-0.4, -0.2) is 51.2 Å². The zero-order valence-electron chi connectivity index (χ0n) is 18.5. The molecule has 1 fully saturated rings. The lowest BCUT2D eigenvalue weighted by Crippen LogP contribution is -2.48. The molecule has 166 valence electrons. The number of methoxy groups -OCH3 is 2. The van der Waals surface area contributed by atoms with Crippen LogP contribution in [0.15, 0.2) is 72.8 Å². The minimum absolute atomic E-state index is 0.0306. The van der Waals surface area contributed by atoms with E-state index in [0.29, 0.717) is 36.8 Å². The van der Waals surface area contributed by atoms with Gasteiger partial charge in [0.25, 0.3) is 5.91 Å². The quantitative estimate of drug-likeness (QED) is 0.559. The van der Waals surface area contributed by atoms with E-state index < -0.39 is 0 Å².